The van der Waals surface area contributed by atoms with Crippen LogP contribution in [-0.4, -0.2) is 10.1 Å². The molecule has 6 heteroatoms. The van der Waals surface area contributed by atoms with Crippen LogP contribution in [0.5, 0.6) is 0 Å². The van der Waals surface area contributed by atoms with E-state index in [0.717, 1.165) is 16.0 Å². The van der Waals surface area contributed by atoms with Crippen molar-refractivity contribution in [3.8, 4) is 0 Å². The fourth-order valence-electron chi connectivity index (χ4n) is 2.10. The molecule has 0 spiro atoms. The van der Waals surface area contributed by atoms with Crippen molar-refractivity contribution in [2.45, 2.75) is 18.1 Å². The molecule has 2 aromatic rings. The lowest BCUT2D eigenvalue weighted by molar-refractivity contribution is 0.0955. The summed E-state index contributed by atoms with van der Waals surface area (Å²) < 4.78 is 11.4. The van der Waals surface area contributed by atoms with Gasteiger partial charge in [-0.2, -0.15) is 0 Å². The Balaban J connectivity index is 1.67. The van der Waals surface area contributed by atoms with E-state index in [1.807, 2.05) is 24.3 Å². The molecule has 3 nitrogen and oxygen atoms in total. The normalized spacial score (nSPS) is 16.9. The Hall–Kier alpha value is -1.17. The van der Waals surface area contributed by atoms with Gasteiger partial charge >= 0.3 is 0 Å². The average molecular weight is 326 g/mol. The van der Waals surface area contributed by atoms with Crippen molar-refractivity contribution in [2.24, 2.45) is 0 Å². The van der Waals surface area contributed by atoms with Gasteiger partial charge in [-0.1, -0.05) is 29.8 Å². The van der Waals surface area contributed by atoms with Crippen LogP contribution in [0.4, 0.5) is 0 Å². The van der Waals surface area contributed by atoms with E-state index < -0.39 is 10.8 Å². The van der Waals surface area contributed by atoms with Crippen molar-refractivity contribution in [1.82, 2.24) is 5.32 Å². The maximum Gasteiger partial charge on any atom is 0.261 e. The predicted molar refractivity (Wildman–Crippen MR) is 82.5 cm³/mol. The summed E-state index contributed by atoms with van der Waals surface area (Å²) in [6.45, 7) is 0.410. The van der Waals surface area contributed by atoms with Crippen LogP contribution in [0, 0.1) is 0 Å². The van der Waals surface area contributed by atoms with E-state index in [4.69, 9.17) is 11.6 Å². The number of benzene rings is 1. The summed E-state index contributed by atoms with van der Waals surface area (Å²) in [5.74, 6) is 1.05. The van der Waals surface area contributed by atoms with Gasteiger partial charge in [0, 0.05) is 27.2 Å². The van der Waals surface area contributed by atoms with Crippen LogP contribution in [0.25, 0.3) is 0 Å². The molecular weight excluding hydrogens is 314 g/mol. The van der Waals surface area contributed by atoms with Crippen molar-refractivity contribution in [3.63, 3.8) is 0 Å². The Morgan fingerprint density at radius 2 is 2.15 bits per heavy atom. The minimum atomic E-state index is -0.785. The molecule has 1 aliphatic heterocycles. The van der Waals surface area contributed by atoms with Crippen molar-refractivity contribution in [1.29, 1.82) is 0 Å². The first kappa shape index (κ1) is 13.8. The summed E-state index contributed by atoms with van der Waals surface area (Å²) in [5.41, 5.74) is 1.95. The smallest absolute Gasteiger partial charge is 0.261 e. The van der Waals surface area contributed by atoms with Gasteiger partial charge in [-0.05, 0) is 23.3 Å². The first-order valence-corrected chi connectivity index (χ1v) is 8.80. The van der Waals surface area contributed by atoms with Crippen molar-refractivity contribution >= 4 is 39.6 Å². The van der Waals surface area contributed by atoms with Gasteiger partial charge in [-0.15, -0.1) is 11.3 Å². The summed E-state index contributed by atoms with van der Waals surface area (Å²) in [4.78, 5) is 13.9. The lowest BCUT2D eigenvalue weighted by Crippen LogP contribution is -2.22. The first-order chi connectivity index (χ1) is 9.63. The molecule has 0 bridgehead atoms. The number of carbonyl (C=O) groups is 1. The molecule has 0 aliphatic carbocycles. The number of hydrogen-bond acceptors (Lipinski definition) is 3. The number of hydrogen-bond donors (Lipinski definition) is 1. The molecule has 1 aromatic carbocycles. The number of thiophene rings is 1. The van der Waals surface area contributed by atoms with Crippen LogP contribution in [0.2, 0.25) is 5.02 Å². The Labute approximate surface area is 128 Å². The number of amides is 1. The third-order valence-corrected chi connectivity index (χ3v) is 6.10. The lowest BCUT2D eigenvalue weighted by Gasteiger charge is -2.05. The van der Waals surface area contributed by atoms with Gasteiger partial charge in [0.2, 0.25) is 0 Å². The maximum absolute atomic E-state index is 12.1. The molecule has 3 rings (SSSR count). The molecule has 20 heavy (non-hydrogen) atoms. The van der Waals surface area contributed by atoms with Gasteiger partial charge in [0.05, 0.1) is 16.4 Å². The molecular formula is C14H12ClNO2S2. The lowest BCUT2D eigenvalue weighted by atomic mass is 10.2. The van der Waals surface area contributed by atoms with Crippen LogP contribution in [0.3, 0.4) is 0 Å². The van der Waals surface area contributed by atoms with Crippen LogP contribution in [0.1, 0.15) is 25.7 Å². The van der Waals surface area contributed by atoms with E-state index in [0.29, 0.717) is 28.0 Å². The topological polar surface area (TPSA) is 46.2 Å². The first-order valence-electron chi connectivity index (χ1n) is 6.11. The zero-order valence-electron chi connectivity index (χ0n) is 10.5. The number of halogens is 1. The molecule has 1 aliphatic rings. The van der Waals surface area contributed by atoms with Crippen molar-refractivity contribution < 1.29 is 9.00 Å². The second-order valence-electron chi connectivity index (χ2n) is 4.56. The zero-order valence-corrected chi connectivity index (χ0v) is 12.9. The number of carbonyl (C=O) groups excluding carboxylic acids is 1. The van der Waals surface area contributed by atoms with Gasteiger partial charge in [-0.3, -0.25) is 9.00 Å². The standard InChI is InChI=1S/C14H12ClNO2S2/c15-11-4-2-1-3-9(11)6-16-14(17)12-5-10-7-20(18)8-13(10)19-12/h1-5H,6-8H2,(H,16,17)/t20-/m0/s1. The molecule has 1 N–H and O–H groups in total. The number of rotatable bonds is 3. The molecule has 1 atom stereocenters. The van der Waals surface area contributed by atoms with Gasteiger partial charge in [0.25, 0.3) is 5.91 Å². The molecule has 0 unspecified atom stereocenters. The van der Waals surface area contributed by atoms with Gasteiger partial charge in [0.15, 0.2) is 0 Å². The summed E-state index contributed by atoms with van der Waals surface area (Å²) in [5, 5.41) is 3.52. The minimum Gasteiger partial charge on any atom is -0.347 e. The van der Waals surface area contributed by atoms with E-state index in [1.165, 1.54) is 11.3 Å². The highest BCUT2D eigenvalue weighted by Gasteiger charge is 2.22. The summed E-state index contributed by atoms with van der Waals surface area (Å²) >= 11 is 7.48. The third kappa shape index (κ3) is 2.80. The number of nitrogens with one attached hydrogen (secondary N) is 1. The highest BCUT2D eigenvalue weighted by atomic mass is 35.5. The van der Waals surface area contributed by atoms with Gasteiger partial charge in [-0.25, -0.2) is 0 Å². The van der Waals surface area contributed by atoms with E-state index in [-0.39, 0.29) is 5.91 Å². The van der Waals surface area contributed by atoms with Crippen LogP contribution in [-0.2, 0) is 28.9 Å². The van der Waals surface area contributed by atoms with E-state index >= 15 is 0 Å². The van der Waals surface area contributed by atoms with Gasteiger partial charge in [0.1, 0.15) is 0 Å². The monoisotopic (exact) mass is 325 g/mol. The Morgan fingerprint density at radius 1 is 1.35 bits per heavy atom. The van der Waals surface area contributed by atoms with Crippen LogP contribution < -0.4 is 5.32 Å². The Morgan fingerprint density at radius 3 is 2.90 bits per heavy atom. The van der Waals surface area contributed by atoms with Crippen molar-refractivity contribution in [3.05, 3.63) is 56.2 Å². The highest BCUT2D eigenvalue weighted by Crippen LogP contribution is 2.30. The predicted octanol–water partition coefficient (Wildman–Crippen LogP) is 3.09. The fourth-order valence-corrected chi connectivity index (χ4v) is 5.10. The molecule has 2 heterocycles. The molecule has 104 valence electrons. The SMILES string of the molecule is O=C(NCc1ccccc1Cl)c1cc2c(s1)C[S@@](=O)C2. The van der Waals surface area contributed by atoms with E-state index in [1.54, 1.807) is 6.07 Å². The van der Waals surface area contributed by atoms with Crippen molar-refractivity contribution in [2.75, 3.05) is 0 Å². The molecule has 0 saturated carbocycles. The second-order valence-corrected chi connectivity index (χ2v) is 7.56. The highest BCUT2D eigenvalue weighted by molar-refractivity contribution is 7.84. The fraction of sp³-hybridized carbons (Fsp3) is 0.214. The Bertz CT molecular complexity index is 671. The molecule has 1 aromatic heterocycles. The molecule has 1 amide bonds. The molecule has 0 saturated heterocycles. The van der Waals surface area contributed by atoms with E-state index in [9.17, 15) is 9.00 Å². The quantitative estimate of drug-likeness (QED) is 0.942. The largest absolute Gasteiger partial charge is 0.347 e. The summed E-state index contributed by atoms with van der Waals surface area (Å²) in [6.07, 6.45) is 0. The van der Waals surface area contributed by atoms with Crippen LogP contribution >= 0.6 is 22.9 Å². The van der Waals surface area contributed by atoms with E-state index in [2.05, 4.69) is 5.32 Å². The molecule has 0 fully saturated rings. The molecule has 0 radical (unpaired) electrons. The Kier molecular flexibility index (Phi) is 3.92. The minimum absolute atomic E-state index is 0.102. The average Bonchev–Trinajstić information content (AvgIpc) is 2.94. The maximum atomic E-state index is 12.1. The van der Waals surface area contributed by atoms with Gasteiger partial charge < -0.3 is 5.32 Å². The van der Waals surface area contributed by atoms with Crippen LogP contribution in [0.15, 0.2) is 30.3 Å². The zero-order chi connectivity index (χ0) is 14.1. The summed E-state index contributed by atoms with van der Waals surface area (Å²) in [6, 6.07) is 9.30. The number of fused-ring (bicyclic) bond motifs is 1. The third-order valence-electron chi connectivity index (χ3n) is 3.13. The second kappa shape index (κ2) is 5.68. The summed E-state index contributed by atoms with van der Waals surface area (Å²) in [7, 11) is -0.785.